The van der Waals surface area contributed by atoms with E-state index in [0.29, 0.717) is 5.56 Å². The zero-order chi connectivity index (χ0) is 14.7. The molecule has 1 N–H and O–H groups in total. The van der Waals surface area contributed by atoms with Gasteiger partial charge >= 0.3 is 0 Å². The van der Waals surface area contributed by atoms with E-state index in [1.54, 1.807) is 13.1 Å². The lowest BCUT2D eigenvalue weighted by atomic mass is 9.98. The maximum atomic E-state index is 13.7. The minimum atomic E-state index is -0.627. The second kappa shape index (κ2) is 6.29. The zero-order valence-corrected chi connectivity index (χ0v) is 11.5. The van der Waals surface area contributed by atoms with Gasteiger partial charge in [-0.25, -0.2) is 13.2 Å². The number of likely N-dealkylation sites (N-methyl/N-ethyl adjacent to an activating group) is 1. The van der Waals surface area contributed by atoms with E-state index in [1.807, 2.05) is 0 Å². The van der Waals surface area contributed by atoms with Crippen LogP contribution in [0.4, 0.5) is 13.2 Å². The highest BCUT2D eigenvalue weighted by atomic mass is 35.5. The van der Waals surface area contributed by atoms with Gasteiger partial charge in [-0.1, -0.05) is 29.8 Å². The van der Waals surface area contributed by atoms with Crippen LogP contribution < -0.4 is 5.32 Å². The molecule has 0 saturated carbocycles. The Balaban J connectivity index is 2.37. The number of benzene rings is 2. The van der Waals surface area contributed by atoms with Crippen molar-refractivity contribution in [2.45, 2.75) is 12.5 Å². The Hall–Kier alpha value is -1.52. The highest BCUT2D eigenvalue weighted by molar-refractivity contribution is 6.31. The Kier molecular flexibility index (Phi) is 4.68. The van der Waals surface area contributed by atoms with Crippen LogP contribution in [0.5, 0.6) is 0 Å². The van der Waals surface area contributed by atoms with Crippen molar-refractivity contribution in [3.05, 3.63) is 70.0 Å². The van der Waals surface area contributed by atoms with Crippen LogP contribution in [-0.4, -0.2) is 7.05 Å². The van der Waals surface area contributed by atoms with Gasteiger partial charge in [0, 0.05) is 11.6 Å². The maximum absolute atomic E-state index is 13.7. The summed E-state index contributed by atoms with van der Waals surface area (Å²) in [6, 6.07) is 7.59. The fourth-order valence-corrected chi connectivity index (χ4v) is 2.35. The fraction of sp³-hybridized carbons (Fsp3) is 0.200. The molecule has 20 heavy (non-hydrogen) atoms. The molecule has 0 heterocycles. The zero-order valence-electron chi connectivity index (χ0n) is 10.8. The largest absolute Gasteiger partial charge is 0.313 e. The van der Waals surface area contributed by atoms with Crippen molar-refractivity contribution in [1.82, 2.24) is 5.32 Å². The third kappa shape index (κ3) is 2.97. The molecule has 0 amide bonds. The van der Waals surface area contributed by atoms with Crippen molar-refractivity contribution >= 4 is 11.6 Å². The van der Waals surface area contributed by atoms with Gasteiger partial charge in [-0.2, -0.15) is 0 Å². The second-order valence-corrected chi connectivity index (χ2v) is 4.77. The normalized spacial score (nSPS) is 12.4. The number of halogens is 4. The molecule has 1 nitrogen and oxygen atoms in total. The predicted molar refractivity (Wildman–Crippen MR) is 73.3 cm³/mol. The van der Waals surface area contributed by atoms with Gasteiger partial charge in [-0.3, -0.25) is 0 Å². The third-order valence-electron chi connectivity index (χ3n) is 3.18. The van der Waals surface area contributed by atoms with Gasteiger partial charge in [-0.05, 0) is 37.2 Å². The van der Waals surface area contributed by atoms with Crippen molar-refractivity contribution in [1.29, 1.82) is 0 Å². The fourth-order valence-electron chi connectivity index (χ4n) is 2.09. The maximum Gasteiger partial charge on any atom is 0.142 e. The van der Waals surface area contributed by atoms with Crippen molar-refractivity contribution in [3.8, 4) is 0 Å². The van der Waals surface area contributed by atoms with Gasteiger partial charge in [0.05, 0.1) is 5.02 Å². The van der Waals surface area contributed by atoms with E-state index in [0.717, 1.165) is 0 Å². The summed E-state index contributed by atoms with van der Waals surface area (Å²) in [4.78, 5) is 0. The highest BCUT2D eigenvalue weighted by Crippen LogP contribution is 2.29. The van der Waals surface area contributed by atoms with E-state index < -0.39 is 23.5 Å². The third-order valence-corrected chi connectivity index (χ3v) is 3.57. The summed E-state index contributed by atoms with van der Waals surface area (Å²) in [5.41, 5.74) is 0.420. The number of hydrogen-bond acceptors (Lipinski definition) is 1. The van der Waals surface area contributed by atoms with Crippen LogP contribution in [0.2, 0.25) is 5.02 Å². The molecule has 0 aromatic heterocycles. The lowest BCUT2D eigenvalue weighted by molar-refractivity contribution is 0.513. The van der Waals surface area contributed by atoms with Gasteiger partial charge < -0.3 is 5.32 Å². The summed E-state index contributed by atoms with van der Waals surface area (Å²) in [5.74, 6) is -1.81. The Morgan fingerprint density at radius 1 is 1.00 bits per heavy atom. The lowest BCUT2D eigenvalue weighted by Crippen LogP contribution is -2.20. The Morgan fingerprint density at radius 3 is 2.15 bits per heavy atom. The van der Waals surface area contributed by atoms with Gasteiger partial charge in [0.1, 0.15) is 17.5 Å². The van der Waals surface area contributed by atoms with Crippen LogP contribution in [0, 0.1) is 17.5 Å². The molecule has 0 bridgehead atoms. The van der Waals surface area contributed by atoms with Gasteiger partial charge in [0.25, 0.3) is 0 Å². The van der Waals surface area contributed by atoms with Crippen molar-refractivity contribution in [3.63, 3.8) is 0 Å². The van der Waals surface area contributed by atoms with Crippen LogP contribution in [0.15, 0.2) is 36.4 Å². The summed E-state index contributed by atoms with van der Waals surface area (Å²) in [6.07, 6.45) is 0.0399. The summed E-state index contributed by atoms with van der Waals surface area (Å²) in [5, 5.41) is 2.87. The van der Waals surface area contributed by atoms with E-state index in [-0.39, 0.29) is 17.0 Å². The molecule has 2 aromatic rings. The summed E-state index contributed by atoms with van der Waals surface area (Å²) < 4.78 is 40.8. The lowest BCUT2D eigenvalue weighted by Gasteiger charge is -2.19. The Bertz CT molecular complexity index is 596. The Morgan fingerprint density at radius 2 is 1.55 bits per heavy atom. The van der Waals surface area contributed by atoms with Gasteiger partial charge in [-0.15, -0.1) is 0 Å². The Labute approximate surface area is 120 Å². The number of rotatable bonds is 4. The molecular weight excluding hydrogens is 287 g/mol. The molecular formula is C15H13ClF3N. The summed E-state index contributed by atoms with van der Waals surface area (Å²) in [6.45, 7) is 0. The van der Waals surface area contributed by atoms with Crippen LogP contribution in [0.3, 0.4) is 0 Å². The molecule has 106 valence electrons. The molecule has 0 spiro atoms. The smallest absolute Gasteiger partial charge is 0.142 e. The molecule has 0 fully saturated rings. The van der Waals surface area contributed by atoms with Crippen molar-refractivity contribution in [2.75, 3.05) is 7.05 Å². The summed E-state index contributed by atoms with van der Waals surface area (Å²) >= 11 is 5.91. The number of nitrogens with one attached hydrogen (secondary N) is 1. The van der Waals surface area contributed by atoms with Gasteiger partial charge in [0.2, 0.25) is 0 Å². The summed E-state index contributed by atoms with van der Waals surface area (Å²) in [7, 11) is 1.63. The van der Waals surface area contributed by atoms with Crippen LogP contribution in [0.1, 0.15) is 17.2 Å². The molecule has 1 unspecified atom stereocenters. The van der Waals surface area contributed by atoms with E-state index >= 15 is 0 Å². The number of hydrogen-bond donors (Lipinski definition) is 1. The van der Waals surface area contributed by atoms with Crippen LogP contribution in [-0.2, 0) is 6.42 Å². The standard InChI is InChI=1S/C15H13ClF3N/c1-20-14(9-4-2-7-13(19)15(9)16)8-10-11(17)5-3-6-12(10)18/h2-7,14,20H,8H2,1H3. The minimum Gasteiger partial charge on any atom is -0.313 e. The molecule has 0 radical (unpaired) electrons. The SMILES string of the molecule is CNC(Cc1c(F)cccc1F)c1cccc(F)c1Cl. The van der Waals surface area contributed by atoms with Crippen molar-refractivity contribution in [2.24, 2.45) is 0 Å². The molecule has 5 heteroatoms. The molecule has 2 aromatic carbocycles. The van der Waals surface area contributed by atoms with Crippen LogP contribution >= 0.6 is 11.6 Å². The first-order valence-corrected chi connectivity index (χ1v) is 6.46. The van der Waals surface area contributed by atoms with Gasteiger partial charge in [0.15, 0.2) is 0 Å². The molecule has 0 aliphatic carbocycles. The second-order valence-electron chi connectivity index (χ2n) is 4.39. The monoisotopic (exact) mass is 299 g/mol. The molecule has 0 saturated heterocycles. The average Bonchev–Trinajstić information content (AvgIpc) is 2.42. The molecule has 0 aliphatic rings. The quantitative estimate of drug-likeness (QED) is 0.889. The van der Waals surface area contributed by atoms with Crippen LogP contribution in [0.25, 0.3) is 0 Å². The van der Waals surface area contributed by atoms with E-state index in [4.69, 9.17) is 11.6 Å². The molecule has 2 rings (SSSR count). The van der Waals surface area contributed by atoms with Crippen molar-refractivity contribution < 1.29 is 13.2 Å². The van der Waals surface area contributed by atoms with E-state index in [2.05, 4.69) is 5.32 Å². The topological polar surface area (TPSA) is 12.0 Å². The highest BCUT2D eigenvalue weighted by Gasteiger charge is 2.19. The molecule has 0 aliphatic heterocycles. The minimum absolute atomic E-state index is 0.0383. The predicted octanol–water partition coefficient (Wildman–Crippen LogP) is 4.26. The first-order valence-electron chi connectivity index (χ1n) is 6.08. The first kappa shape index (κ1) is 14.9. The molecule has 1 atom stereocenters. The van der Waals surface area contributed by atoms with E-state index in [9.17, 15) is 13.2 Å². The average molecular weight is 300 g/mol. The first-order chi connectivity index (χ1) is 9.54. The van der Waals surface area contributed by atoms with E-state index in [1.165, 1.54) is 30.3 Å².